The van der Waals surface area contributed by atoms with Gasteiger partial charge in [-0.3, -0.25) is 9.89 Å². The third kappa shape index (κ3) is 3.74. The van der Waals surface area contributed by atoms with Gasteiger partial charge in [0.25, 0.3) is 5.91 Å². The highest BCUT2D eigenvalue weighted by Gasteiger charge is 2.20. The summed E-state index contributed by atoms with van der Waals surface area (Å²) in [6, 6.07) is 4.94. The van der Waals surface area contributed by atoms with Gasteiger partial charge in [0, 0.05) is 24.5 Å². The van der Waals surface area contributed by atoms with Gasteiger partial charge in [-0.1, -0.05) is 6.42 Å². The molecular formula is C19H23N5O3. The first-order chi connectivity index (χ1) is 13.1. The van der Waals surface area contributed by atoms with Gasteiger partial charge < -0.3 is 20.3 Å². The van der Waals surface area contributed by atoms with E-state index in [-0.39, 0.29) is 18.5 Å². The van der Waals surface area contributed by atoms with Crippen molar-refractivity contribution in [1.29, 1.82) is 0 Å². The lowest BCUT2D eigenvalue weighted by atomic mass is 10.1. The van der Waals surface area contributed by atoms with Crippen molar-refractivity contribution in [2.75, 3.05) is 24.3 Å². The van der Waals surface area contributed by atoms with E-state index in [1.54, 1.807) is 30.1 Å². The van der Waals surface area contributed by atoms with Crippen LogP contribution in [0.4, 0.5) is 16.2 Å². The molecule has 0 bridgehead atoms. The standard InChI is InChI=1S/C19H23N5O3/c1-24(10-16-13-5-3-2-4-6-14(13)22-23-16)19(26)20-12-7-8-15-17(9-12)27-11-18(25)21-15/h7-9H,2-6,10-11H2,1H3,(H,20,26)(H,21,25)(H,22,23). The number of ether oxygens (including phenoxy) is 1. The van der Waals surface area contributed by atoms with Gasteiger partial charge in [-0.25, -0.2) is 4.79 Å². The Labute approximate surface area is 157 Å². The van der Waals surface area contributed by atoms with Crippen LogP contribution in [-0.2, 0) is 24.2 Å². The number of aromatic nitrogens is 2. The summed E-state index contributed by atoms with van der Waals surface area (Å²) in [6.07, 6.45) is 5.64. The lowest BCUT2D eigenvalue weighted by Crippen LogP contribution is -2.31. The van der Waals surface area contributed by atoms with Crippen LogP contribution >= 0.6 is 0 Å². The average molecular weight is 369 g/mol. The van der Waals surface area contributed by atoms with E-state index in [1.807, 2.05) is 0 Å². The molecule has 0 saturated heterocycles. The second-order valence-electron chi connectivity index (χ2n) is 7.02. The molecule has 2 aromatic rings. The third-order valence-corrected chi connectivity index (χ3v) is 4.99. The molecule has 0 atom stereocenters. The fourth-order valence-corrected chi connectivity index (χ4v) is 3.52. The maximum atomic E-state index is 12.6. The lowest BCUT2D eigenvalue weighted by Gasteiger charge is -2.20. The number of aryl methyl sites for hydroxylation is 1. The Bertz CT molecular complexity index is 876. The molecule has 1 aromatic carbocycles. The summed E-state index contributed by atoms with van der Waals surface area (Å²) in [5.74, 6) is 0.366. The number of fused-ring (bicyclic) bond motifs is 2. The normalized spacial score (nSPS) is 15.7. The van der Waals surface area contributed by atoms with Crippen molar-refractivity contribution in [3.8, 4) is 5.75 Å². The molecule has 0 fully saturated rings. The van der Waals surface area contributed by atoms with Gasteiger partial charge in [-0.2, -0.15) is 5.10 Å². The third-order valence-electron chi connectivity index (χ3n) is 4.99. The smallest absolute Gasteiger partial charge is 0.321 e. The zero-order valence-electron chi connectivity index (χ0n) is 15.3. The number of rotatable bonds is 3. The molecular weight excluding hydrogens is 346 g/mol. The Morgan fingerprint density at radius 3 is 3.04 bits per heavy atom. The number of carbonyl (C=O) groups is 2. The number of carbonyl (C=O) groups excluding carboxylic acids is 2. The number of anilines is 2. The van der Waals surface area contributed by atoms with E-state index in [9.17, 15) is 9.59 Å². The van der Waals surface area contributed by atoms with Crippen molar-refractivity contribution >= 4 is 23.3 Å². The molecule has 8 nitrogen and oxygen atoms in total. The minimum Gasteiger partial charge on any atom is -0.482 e. The highest BCUT2D eigenvalue weighted by molar-refractivity contribution is 5.96. The maximum absolute atomic E-state index is 12.6. The summed E-state index contributed by atoms with van der Waals surface area (Å²) in [6.45, 7) is 0.434. The Balaban J connectivity index is 1.41. The SMILES string of the molecule is CN(Cc1n[nH]c2c1CCCCC2)C(=O)Nc1ccc2c(c1)OCC(=O)N2. The van der Waals surface area contributed by atoms with E-state index >= 15 is 0 Å². The van der Waals surface area contributed by atoms with Crippen LogP contribution in [-0.4, -0.2) is 40.7 Å². The van der Waals surface area contributed by atoms with Gasteiger partial charge in [-0.05, 0) is 43.4 Å². The number of nitrogens with zero attached hydrogens (tertiary/aromatic N) is 2. The number of amides is 3. The molecule has 8 heteroatoms. The number of aromatic amines is 1. The molecule has 3 N–H and O–H groups in total. The second-order valence-corrected chi connectivity index (χ2v) is 7.02. The van der Waals surface area contributed by atoms with Crippen LogP contribution in [0.25, 0.3) is 0 Å². The van der Waals surface area contributed by atoms with Crippen LogP contribution in [0, 0.1) is 0 Å². The predicted octanol–water partition coefficient (Wildman–Crippen LogP) is 2.67. The van der Waals surface area contributed by atoms with Crippen molar-refractivity contribution < 1.29 is 14.3 Å². The minimum atomic E-state index is -0.222. The highest BCUT2D eigenvalue weighted by atomic mass is 16.5. The minimum absolute atomic E-state index is 0.0193. The molecule has 27 heavy (non-hydrogen) atoms. The fraction of sp³-hybridized carbons (Fsp3) is 0.421. The summed E-state index contributed by atoms with van der Waals surface area (Å²) in [5, 5.41) is 13.2. The molecule has 0 unspecified atom stereocenters. The first kappa shape index (κ1) is 17.4. The molecule has 0 saturated carbocycles. The van der Waals surface area contributed by atoms with Crippen molar-refractivity contribution in [3.05, 3.63) is 35.2 Å². The van der Waals surface area contributed by atoms with Crippen molar-refractivity contribution in [2.45, 2.75) is 38.6 Å². The zero-order valence-corrected chi connectivity index (χ0v) is 15.3. The van der Waals surface area contributed by atoms with Gasteiger partial charge >= 0.3 is 6.03 Å². The maximum Gasteiger partial charge on any atom is 0.321 e. The second kappa shape index (κ2) is 7.30. The van der Waals surface area contributed by atoms with Crippen LogP contribution in [0.1, 0.15) is 36.2 Å². The number of urea groups is 1. The van der Waals surface area contributed by atoms with E-state index in [1.165, 1.54) is 30.5 Å². The van der Waals surface area contributed by atoms with Gasteiger partial charge in [0.15, 0.2) is 6.61 Å². The quantitative estimate of drug-likeness (QED) is 0.724. The van der Waals surface area contributed by atoms with Crippen LogP contribution in [0.15, 0.2) is 18.2 Å². The van der Waals surface area contributed by atoms with E-state index in [0.717, 1.165) is 18.5 Å². The van der Waals surface area contributed by atoms with Crippen molar-refractivity contribution in [3.63, 3.8) is 0 Å². The molecule has 1 aromatic heterocycles. The van der Waals surface area contributed by atoms with E-state index in [4.69, 9.17) is 4.74 Å². The first-order valence-corrected chi connectivity index (χ1v) is 9.24. The summed E-state index contributed by atoms with van der Waals surface area (Å²) in [5.41, 5.74) is 4.65. The Morgan fingerprint density at radius 2 is 2.15 bits per heavy atom. The average Bonchev–Trinajstić information content (AvgIpc) is 2.88. The molecule has 0 spiro atoms. The summed E-state index contributed by atoms with van der Waals surface area (Å²) in [4.78, 5) is 25.5. The Hall–Kier alpha value is -3.03. The fourth-order valence-electron chi connectivity index (χ4n) is 3.52. The van der Waals surface area contributed by atoms with Crippen LogP contribution in [0.2, 0.25) is 0 Å². The zero-order chi connectivity index (χ0) is 18.8. The van der Waals surface area contributed by atoms with Crippen LogP contribution in [0.5, 0.6) is 5.75 Å². The summed E-state index contributed by atoms with van der Waals surface area (Å²) in [7, 11) is 1.75. The van der Waals surface area contributed by atoms with Crippen molar-refractivity contribution in [2.24, 2.45) is 0 Å². The molecule has 3 amide bonds. The number of H-pyrrole nitrogens is 1. The molecule has 1 aliphatic carbocycles. The number of hydrogen-bond donors (Lipinski definition) is 3. The summed E-state index contributed by atoms with van der Waals surface area (Å²) < 4.78 is 5.39. The van der Waals surface area contributed by atoms with Gasteiger partial charge in [0.05, 0.1) is 17.9 Å². The molecule has 2 aliphatic rings. The van der Waals surface area contributed by atoms with Crippen molar-refractivity contribution in [1.82, 2.24) is 15.1 Å². The van der Waals surface area contributed by atoms with E-state index in [2.05, 4.69) is 20.8 Å². The molecule has 0 radical (unpaired) electrons. The topological polar surface area (TPSA) is 99.3 Å². The summed E-state index contributed by atoms with van der Waals surface area (Å²) >= 11 is 0. The molecule has 2 heterocycles. The van der Waals surface area contributed by atoms with Gasteiger partial charge in [-0.15, -0.1) is 0 Å². The molecule has 142 valence electrons. The van der Waals surface area contributed by atoms with Gasteiger partial charge in [0.1, 0.15) is 5.75 Å². The van der Waals surface area contributed by atoms with E-state index in [0.29, 0.717) is 23.7 Å². The number of nitrogens with one attached hydrogen (secondary N) is 3. The van der Waals surface area contributed by atoms with E-state index < -0.39 is 0 Å². The van der Waals surface area contributed by atoms with Crippen LogP contribution in [0.3, 0.4) is 0 Å². The molecule has 1 aliphatic heterocycles. The number of hydrogen-bond acceptors (Lipinski definition) is 4. The first-order valence-electron chi connectivity index (χ1n) is 9.24. The largest absolute Gasteiger partial charge is 0.482 e. The molecule has 4 rings (SSSR count). The monoisotopic (exact) mass is 369 g/mol. The Kier molecular flexibility index (Phi) is 4.70. The van der Waals surface area contributed by atoms with Crippen LogP contribution < -0.4 is 15.4 Å². The number of benzene rings is 1. The highest BCUT2D eigenvalue weighted by Crippen LogP contribution is 2.30. The Morgan fingerprint density at radius 1 is 1.30 bits per heavy atom. The van der Waals surface area contributed by atoms with Gasteiger partial charge in [0.2, 0.25) is 0 Å². The predicted molar refractivity (Wildman–Crippen MR) is 101 cm³/mol. The lowest BCUT2D eigenvalue weighted by molar-refractivity contribution is -0.118.